The molecule has 0 aliphatic rings. The van der Waals surface area contributed by atoms with E-state index in [9.17, 15) is 19.2 Å². The van der Waals surface area contributed by atoms with Crippen LogP contribution in [0.5, 0.6) is 11.5 Å². The highest BCUT2D eigenvalue weighted by Crippen LogP contribution is 2.28. The Morgan fingerprint density at radius 3 is 1.59 bits per heavy atom. The quantitative estimate of drug-likeness (QED) is 0.271. The molecular formula is C32H30N2O5. The van der Waals surface area contributed by atoms with Crippen LogP contribution in [-0.2, 0) is 11.0 Å². The van der Waals surface area contributed by atoms with Gasteiger partial charge < -0.3 is 4.74 Å². The summed E-state index contributed by atoms with van der Waals surface area (Å²) in [6.45, 7) is 13.6. The third kappa shape index (κ3) is 4.14. The van der Waals surface area contributed by atoms with Gasteiger partial charge in [0.15, 0.2) is 0 Å². The van der Waals surface area contributed by atoms with Crippen molar-refractivity contribution >= 4 is 21.5 Å². The number of fused-ring (bicyclic) bond motifs is 2. The van der Waals surface area contributed by atoms with Crippen LogP contribution in [0.2, 0.25) is 0 Å². The second kappa shape index (κ2) is 9.05. The van der Waals surface area contributed by atoms with E-state index in [2.05, 4.69) is 20.4 Å². The van der Waals surface area contributed by atoms with Gasteiger partial charge in [0.05, 0.1) is 27.2 Å². The van der Waals surface area contributed by atoms with E-state index >= 15 is 0 Å². The average molecular weight is 523 g/mol. The molecule has 5 rings (SSSR count). The molecule has 0 saturated heterocycles. The fourth-order valence-corrected chi connectivity index (χ4v) is 4.79. The zero-order valence-electron chi connectivity index (χ0n) is 22.7. The Morgan fingerprint density at radius 1 is 0.718 bits per heavy atom. The Morgan fingerprint density at radius 2 is 1.15 bits per heavy atom. The van der Waals surface area contributed by atoms with E-state index < -0.39 is 27.8 Å². The molecule has 2 heterocycles. The molecule has 0 fully saturated rings. The number of hydrogen-bond donors (Lipinski definition) is 0. The number of aromatic nitrogens is 2. The zero-order chi connectivity index (χ0) is 28.3. The van der Waals surface area contributed by atoms with Gasteiger partial charge in [-0.1, -0.05) is 39.0 Å². The Bertz CT molecular complexity index is 1870. The van der Waals surface area contributed by atoms with E-state index in [-0.39, 0.29) is 27.0 Å². The van der Waals surface area contributed by atoms with Crippen molar-refractivity contribution in [1.82, 2.24) is 9.13 Å². The highest BCUT2D eigenvalue weighted by molar-refractivity contribution is 5.98. The highest BCUT2D eigenvalue weighted by Gasteiger charge is 2.27. The number of rotatable bonds is 7. The van der Waals surface area contributed by atoms with E-state index in [1.165, 1.54) is 16.7 Å². The number of hydrogen-bond acceptors (Lipinski definition) is 5. The van der Waals surface area contributed by atoms with Gasteiger partial charge >= 0.3 is 0 Å². The SMILES string of the molecule is C=CC(C)(C)c1ccc(Oc2ccc(-n3c(=O)c4cc5c(=O)n(C(C)(C)CC)c(=O)c5cc4c3=O)cc2)cc1. The smallest absolute Gasteiger partial charge is 0.266 e. The number of allylic oxidation sites excluding steroid dienone is 1. The lowest BCUT2D eigenvalue weighted by Gasteiger charge is -2.22. The summed E-state index contributed by atoms with van der Waals surface area (Å²) in [6, 6.07) is 17.1. The van der Waals surface area contributed by atoms with Crippen molar-refractivity contribution in [3.63, 3.8) is 0 Å². The molecule has 2 aromatic heterocycles. The minimum absolute atomic E-state index is 0.110. The summed E-state index contributed by atoms with van der Waals surface area (Å²) < 4.78 is 8.21. The molecule has 7 nitrogen and oxygen atoms in total. The molecule has 7 heteroatoms. The van der Waals surface area contributed by atoms with Crippen LogP contribution in [0.3, 0.4) is 0 Å². The van der Waals surface area contributed by atoms with Gasteiger partial charge in [0.25, 0.3) is 22.2 Å². The molecular weight excluding hydrogens is 492 g/mol. The number of nitrogens with zero attached hydrogens (tertiary/aromatic N) is 2. The molecule has 0 saturated carbocycles. The van der Waals surface area contributed by atoms with E-state index in [1.54, 1.807) is 24.3 Å². The van der Waals surface area contributed by atoms with Crippen molar-refractivity contribution in [3.05, 3.63) is 120 Å². The molecule has 0 unspecified atom stereocenters. The largest absolute Gasteiger partial charge is 0.457 e. The molecule has 5 aromatic rings. The molecule has 3 aromatic carbocycles. The minimum Gasteiger partial charge on any atom is -0.457 e. The summed E-state index contributed by atoms with van der Waals surface area (Å²) in [6.07, 6.45) is 2.47. The first-order chi connectivity index (χ1) is 18.4. The average Bonchev–Trinajstić information content (AvgIpc) is 3.32. The van der Waals surface area contributed by atoms with Crippen LogP contribution in [0.25, 0.3) is 27.2 Å². The third-order valence-electron chi connectivity index (χ3n) is 7.80. The molecule has 0 aliphatic heterocycles. The minimum atomic E-state index is -0.689. The normalized spacial score (nSPS) is 12.3. The Balaban J connectivity index is 1.52. The molecule has 0 aliphatic carbocycles. The van der Waals surface area contributed by atoms with Crippen molar-refractivity contribution in [2.24, 2.45) is 0 Å². The summed E-state index contributed by atoms with van der Waals surface area (Å²) in [7, 11) is 0. The summed E-state index contributed by atoms with van der Waals surface area (Å²) >= 11 is 0. The first kappa shape index (κ1) is 26.1. The number of ether oxygens (including phenoxy) is 1. The summed E-state index contributed by atoms with van der Waals surface area (Å²) in [5, 5.41) is 0.516. The monoisotopic (exact) mass is 522 g/mol. The Labute approximate surface area is 224 Å². The van der Waals surface area contributed by atoms with Gasteiger partial charge in [0, 0.05) is 11.0 Å². The van der Waals surface area contributed by atoms with Crippen LogP contribution in [-0.4, -0.2) is 9.13 Å². The molecule has 0 atom stereocenters. The van der Waals surface area contributed by atoms with E-state index in [1.807, 2.05) is 51.1 Å². The van der Waals surface area contributed by atoms with Crippen molar-refractivity contribution in [2.75, 3.05) is 0 Å². The van der Waals surface area contributed by atoms with Gasteiger partial charge in [0.1, 0.15) is 11.5 Å². The van der Waals surface area contributed by atoms with Gasteiger partial charge in [-0.05, 0) is 74.4 Å². The number of benzene rings is 3. The van der Waals surface area contributed by atoms with Gasteiger partial charge in [-0.3, -0.25) is 23.7 Å². The highest BCUT2D eigenvalue weighted by atomic mass is 16.5. The lowest BCUT2D eigenvalue weighted by Crippen LogP contribution is -2.40. The molecule has 0 N–H and O–H groups in total. The second-order valence-electron chi connectivity index (χ2n) is 11.0. The predicted molar refractivity (Wildman–Crippen MR) is 156 cm³/mol. The molecule has 0 amide bonds. The maximum Gasteiger partial charge on any atom is 0.266 e. The van der Waals surface area contributed by atoms with Gasteiger partial charge in [-0.25, -0.2) is 4.57 Å². The second-order valence-corrected chi connectivity index (χ2v) is 11.0. The Kier molecular flexibility index (Phi) is 6.06. The first-order valence-electron chi connectivity index (χ1n) is 12.9. The van der Waals surface area contributed by atoms with Crippen molar-refractivity contribution in [3.8, 4) is 17.2 Å². The van der Waals surface area contributed by atoms with Crippen LogP contribution >= 0.6 is 0 Å². The predicted octanol–water partition coefficient (Wildman–Crippen LogP) is 5.30. The molecule has 0 radical (unpaired) electrons. The van der Waals surface area contributed by atoms with Crippen LogP contribution in [0, 0.1) is 0 Å². The van der Waals surface area contributed by atoms with Gasteiger partial charge in [0.2, 0.25) is 0 Å². The fraction of sp³-hybridized carbons (Fsp3) is 0.250. The van der Waals surface area contributed by atoms with Gasteiger partial charge in [-0.15, -0.1) is 6.58 Å². The maximum atomic E-state index is 13.3. The standard InChI is InChI=1S/C32H30N2O5/c1-7-31(3,4)19-9-13-21(14-10-19)39-22-15-11-20(12-16-22)33-27(35)23-17-25-26(18-24(23)28(33)36)30(38)34(29(25)37)32(5,6)8-2/h7,9-18H,1,8H2,2-6H3. The third-order valence-corrected chi connectivity index (χ3v) is 7.80. The Hall–Kier alpha value is -4.52. The summed E-state index contributed by atoms with van der Waals surface area (Å²) in [4.78, 5) is 52.8. The van der Waals surface area contributed by atoms with Gasteiger partial charge in [-0.2, -0.15) is 0 Å². The lowest BCUT2D eigenvalue weighted by atomic mass is 9.85. The van der Waals surface area contributed by atoms with Crippen molar-refractivity contribution < 1.29 is 4.74 Å². The van der Waals surface area contributed by atoms with E-state index in [4.69, 9.17) is 4.74 Å². The molecule has 0 bridgehead atoms. The summed E-state index contributed by atoms with van der Waals surface area (Å²) in [5.41, 5.74) is -1.35. The zero-order valence-corrected chi connectivity index (χ0v) is 22.7. The topological polar surface area (TPSA) is 87.4 Å². The maximum absolute atomic E-state index is 13.3. The lowest BCUT2D eigenvalue weighted by molar-refractivity contribution is 0.328. The van der Waals surface area contributed by atoms with Crippen molar-refractivity contribution in [2.45, 2.75) is 52.0 Å². The van der Waals surface area contributed by atoms with Crippen LogP contribution in [0.1, 0.15) is 46.6 Å². The summed E-state index contributed by atoms with van der Waals surface area (Å²) in [5.74, 6) is 1.19. The van der Waals surface area contributed by atoms with Crippen LogP contribution in [0.15, 0.2) is 92.5 Å². The van der Waals surface area contributed by atoms with E-state index in [0.717, 1.165) is 10.1 Å². The fourth-order valence-electron chi connectivity index (χ4n) is 4.79. The van der Waals surface area contributed by atoms with Crippen LogP contribution < -0.4 is 27.0 Å². The van der Waals surface area contributed by atoms with Crippen molar-refractivity contribution in [1.29, 1.82) is 0 Å². The molecule has 0 spiro atoms. The molecule has 198 valence electrons. The molecule has 39 heavy (non-hydrogen) atoms. The van der Waals surface area contributed by atoms with Crippen LogP contribution in [0.4, 0.5) is 0 Å². The van der Waals surface area contributed by atoms with E-state index in [0.29, 0.717) is 23.6 Å². The first-order valence-corrected chi connectivity index (χ1v) is 12.9.